The van der Waals surface area contributed by atoms with Gasteiger partial charge in [0.1, 0.15) is 5.75 Å². The van der Waals surface area contributed by atoms with Gasteiger partial charge in [-0.2, -0.15) is 0 Å². The molecule has 0 bridgehead atoms. The Morgan fingerprint density at radius 1 is 1.00 bits per heavy atom. The number of carbonyl (C=O) groups excluding carboxylic acids is 2. The summed E-state index contributed by atoms with van der Waals surface area (Å²) in [6.07, 6.45) is 0. The van der Waals surface area contributed by atoms with Crippen LogP contribution in [-0.2, 0) is 0 Å². The maximum absolute atomic E-state index is 12.4. The van der Waals surface area contributed by atoms with Gasteiger partial charge in [-0.1, -0.05) is 26.0 Å². The molecule has 2 amide bonds. The molecule has 6 heteroatoms. The summed E-state index contributed by atoms with van der Waals surface area (Å²) < 4.78 is 5.34. The second-order valence-electron chi connectivity index (χ2n) is 5.53. The predicted octanol–water partition coefficient (Wildman–Crippen LogP) is 3.66. The zero-order chi connectivity index (χ0) is 18.2. The van der Waals surface area contributed by atoms with Crippen LogP contribution < -0.4 is 15.6 Å². The van der Waals surface area contributed by atoms with Crippen molar-refractivity contribution in [1.29, 1.82) is 0 Å². The molecule has 0 unspecified atom stereocenters. The largest absolute Gasteiger partial charge is 0.494 e. The first-order chi connectivity index (χ1) is 12.0. The van der Waals surface area contributed by atoms with Crippen LogP contribution in [0.3, 0.4) is 0 Å². The van der Waals surface area contributed by atoms with Crippen LogP contribution in [0.25, 0.3) is 0 Å². The van der Waals surface area contributed by atoms with E-state index in [4.69, 9.17) is 4.74 Å². The third-order valence-electron chi connectivity index (χ3n) is 3.21. The molecule has 2 aromatic rings. The van der Waals surface area contributed by atoms with Crippen LogP contribution in [0.1, 0.15) is 41.5 Å². The third-order valence-corrected chi connectivity index (χ3v) is 4.29. The van der Waals surface area contributed by atoms with Crippen LogP contribution >= 0.6 is 11.8 Å². The van der Waals surface area contributed by atoms with Crippen LogP contribution in [0, 0.1) is 0 Å². The van der Waals surface area contributed by atoms with Crippen molar-refractivity contribution >= 4 is 23.6 Å². The predicted molar refractivity (Wildman–Crippen MR) is 100.0 cm³/mol. The maximum atomic E-state index is 12.4. The molecule has 0 atom stereocenters. The summed E-state index contributed by atoms with van der Waals surface area (Å²) in [6, 6.07) is 14.1. The smallest absolute Gasteiger partial charge is 0.270 e. The van der Waals surface area contributed by atoms with E-state index >= 15 is 0 Å². The molecule has 0 saturated carbocycles. The first kappa shape index (κ1) is 18.9. The lowest BCUT2D eigenvalue weighted by Crippen LogP contribution is -2.41. The number of amides is 2. The molecule has 0 saturated heterocycles. The topological polar surface area (TPSA) is 67.4 Å². The molecule has 0 fully saturated rings. The average Bonchev–Trinajstić information content (AvgIpc) is 2.60. The minimum absolute atomic E-state index is 0.344. The van der Waals surface area contributed by atoms with Crippen molar-refractivity contribution in [3.8, 4) is 5.75 Å². The van der Waals surface area contributed by atoms with Crippen LogP contribution in [0.5, 0.6) is 5.75 Å². The summed E-state index contributed by atoms with van der Waals surface area (Å²) in [4.78, 5) is 25.4. The molecule has 0 spiro atoms. The zero-order valence-electron chi connectivity index (χ0n) is 14.5. The highest BCUT2D eigenvalue weighted by atomic mass is 32.2. The Kier molecular flexibility index (Phi) is 6.89. The second-order valence-corrected chi connectivity index (χ2v) is 7.15. The van der Waals surface area contributed by atoms with Gasteiger partial charge in [0.25, 0.3) is 11.8 Å². The summed E-state index contributed by atoms with van der Waals surface area (Å²) in [6.45, 7) is 6.58. The van der Waals surface area contributed by atoms with Gasteiger partial charge >= 0.3 is 0 Å². The molecular formula is C19H22N2O3S. The van der Waals surface area contributed by atoms with Crippen LogP contribution in [0.2, 0.25) is 0 Å². The Morgan fingerprint density at radius 2 is 1.64 bits per heavy atom. The Bertz CT molecular complexity index is 730. The van der Waals surface area contributed by atoms with E-state index in [0.29, 0.717) is 28.7 Å². The second kappa shape index (κ2) is 9.13. The van der Waals surface area contributed by atoms with Crippen molar-refractivity contribution in [2.45, 2.75) is 30.9 Å². The van der Waals surface area contributed by atoms with Crippen LogP contribution in [0.4, 0.5) is 0 Å². The van der Waals surface area contributed by atoms with Gasteiger partial charge in [0.15, 0.2) is 0 Å². The van der Waals surface area contributed by atoms with E-state index in [1.807, 2.05) is 19.1 Å². The zero-order valence-corrected chi connectivity index (χ0v) is 15.4. The van der Waals surface area contributed by atoms with Crippen LogP contribution in [0.15, 0.2) is 53.4 Å². The summed E-state index contributed by atoms with van der Waals surface area (Å²) >= 11 is 1.60. The third kappa shape index (κ3) is 5.53. The first-order valence-corrected chi connectivity index (χ1v) is 8.98. The number of benzene rings is 2. The van der Waals surface area contributed by atoms with Crippen molar-refractivity contribution in [2.75, 3.05) is 6.61 Å². The van der Waals surface area contributed by atoms with E-state index in [1.54, 1.807) is 48.2 Å². The number of hydrogen-bond acceptors (Lipinski definition) is 4. The lowest BCUT2D eigenvalue weighted by molar-refractivity contribution is 0.0845. The highest BCUT2D eigenvalue weighted by molar-refractivity contribution is 8.00. The minimum Gasteiger partial charge on any atom is -0.494 e. The molecule has 2 aromatic carbocycles. The summed E-state index contributed by atoms with van der Waals surface area (Å²) in [7, 11) is 0. The number of thioether (sulfide) groups is 1. The van der Waals surface area contributed by atoms with E-state index in [0.717, 1.165) is 4.90 Å². The fourth-order valence-electron chi connectivity index (χ4n) is 2.13. The molecule has 0 heterocycles. The fraction of sp³-hybridized carbons (Fsp3) is 0.263. The number of hydrazine groups is 1. The molecule has 2 N–H and O–H groups in total. The van der Waals surface area contributed by atoms with Gasteiger partial charge < -0.3 is 4.74 Å². The lowest BCUT2D eigenvalue weighted by atomic mass is 10.2. The van der Waals surface area contributed by atoms with Gasteiger partial charge in [-0.15, -0.1) is 11.8 Å². The van der Waals surface area contributed by atoms with E-state index < -0.39 is 0 Å². The number of carbonyl (C=O) groups is 2. The van der Waals surface area contributed by atoms with E-state index in [2.05, 4.69) is 24.7 Å². The fourth-order valence-corrected chi connectivity index (χ4v) is 3.09. The van der Waals surface area contributed by atoms with Gasteiger partial charge in [-0.3, -0.25) is 20.4 Å². The molecule has 0 aliphatic carbocycles. The van der Waals surface area contributed by atoms with Gasteiger partial charge in [-0.25, -0.2) is 0 Å². The number of rotatable bonds is 6. The van der Waals surface area contributed by atoms with Crippen molar-refractivity contribution in [2.24, 2.45) is 0 Å². The van der Waals surface area contributed by atoms with Crippen molar-refractivity contribution < 1.29 is 14.3 Å². The number of nitrogens with one attached hydrogen (secondary N) is 2. The molecule has 25 heavy (non-hydrogen) atoms. The molecular weight excluding hydrogens is 336 g/mol. The average molecular weight is 358 g/mol. The number of hydrogen-bond donors (Lipinski definition) is 2. The molecule has 0 aliphatic rings. The summed E-state index contributed by atoms with van der Waals surface area (Å²) in [5.41, 5.74) is 5.88. The highest BCUT2D eigenvalue weighted by Crippen LogP contribution is 2.26. The van der Waals surface area contributed by atoms with E-state index in [1.165, 1.54) is 0 Å². The minimum atomic E-state index is -0.384. The van der Waals surface area contributed by atoms with E-state index in [-0.39, 0.29) is 11.8 Å². The quantitative estimate of drug-likeness (QED) is 0.611. The lowest BCUT2D eigenvalue weighted by Gasteiger charge is -2.12. The Morgan fingerprint density at radius 3 is 2.28 bits per heavy atom. The van der Waals surface area contributed by atoms with Crippen LogP contribution in [-0.4, -0.2) is 23.7 Å². The van der Waals surface area contributed by atoms with Gasteiger partial charge in [0.05, 0.1) is 12.2 Å². The molecule has 5 nitrogen and oxygen atoms in total. The molecule has 132 valence electrons. The summed E-state index contributed by atoms with van der Waals surface area (Å²) in [5.74, 6) is -0.0313. The molecule has 0 aliphatic heterocycles. The Hall–Kier alpha value is -2.47. The monoisotopic (exact) mass is 358 g/mol. The van der Waals surface area contributed by atoms with Gasteiger partial charge in [0, 0.05) is 15.7 Å². The van der Waals surface area contributed by atoms with Crippen molar-refractivity contribution in [3.63, 3.8) is 0 Å². The summed E-state index contributed by atoms with van der Waals surface area (Å²) in [5, 5.41) is 0.354. The molecule has 2 rings (SSSR count). The first-order valence-electron chi connectivity index (χ1n) is 8.10. The Labute approximate surface area is 152 Å². The molecule has 0 aromatic heterocycles. The highest BCUT2D eigenvalue weighted by Gasteiger charge is 2.14. The number of ether oxygens (including phenoxy) is 1. The normalized spacial score (nSPS) is 10.4. The van der Waals surface area contributed by atoms with E-state index in [9.17, 15) is 9.59 Å². The Balaban J connectivity index is 1.98. The van der Waals surface area contributed by atoms with Gasteiger partial charge in [-0.05, 0) is 43.3 Å². The van der Waals surface area contributed by atoms with Gasteiger partial charge in [0.2, 0.25) is 0 Å². The SMILES string of the molecule is CCOc1ccc(C(=O)NNC(=O)c2ccccc2SC(C)C)cc1. The maximum Gasteiger partial charge on any atom is 0.270 e. The van der Waals surface area contributed by atoms with Crippen molar-refractivity contribution in [1.82, 2.24) is 10.9 Å². The molecule has 0 radical (unpaired) electrons. The standard InChI is InChI=1S/C19H22N2O3S/c1-4-24-15-11-9-14(10-12-15)18(22)20-21-19(23)16-7-5-6-8-17(16)25-13(2)3/h5-13H,4H2,1-3H3,(H,20,22)(H,21,23). The van der Waals surface area contributed by atoms with Crippen molar-refractivity contribution in [3.05, 3.63) is 59.7 Å².